The van der Waals surface area contributed by atoms with Gasteiger partial charge in [-0.05, 0) is 6.92 Å². The van der Waals surface area contributed by atoms with Crippen LogP contribution >= 0.6 is 0 Å². The van der Waals surface area contributed by atoms with E-state index in [1.54, 1.807) is 20.0 Å². The highest BCUT2D eigenvalue weighted by Crippen LogP contribution is 2.05. The Morgan fingerprint density at radius 3 is 2.73 bits per heavy atom. The molecule has 2 heterocycles. The zero-order chi connectivity index (χ0) is 11.2. The molecule has 0 unspecified atom stereocenters. The summed E-state index contributed by atoms with van der Waals surface area (Å²) in [6.07, 6.45) is 0. The number of aryl methyl sites for hydroxylation is 2. The fourth-order valence-corrected chi connectivity index (χ4v) is 1.49. The van der Waals surface area contributed by atoms with Crippen LogP contribution in [0.15, 0.2) is 16.9 Å². The zero-order valence-corrected chi connectivity index (χ0v) is 8.26. The molecule has 0 aliphatic rings. The highest BCUT2D eigenvalue weighted by molar-refractivity contribution is 5.86. The van der Waals surface area contributed by atoms with Crippen LogP contribution in [0.25, 0.3) is 5.65 Å². The molecule has 0 aromatic carbocycles. The van der Waals surface area contributed by atoms with Gasteiger partial charge in [-0.2, -0.15) is 9.61 Å². The maximum atomic E-state index is 11.5. The van der Waals surface area contributed by atoms with Gasteiger partial charge >= 0.3 is 5.97 Å². The number of carbonyl (C=O) groups is 1. The second-order valence-corrected chi connectivity index (χ2v) is 3.29. The SMILES string of the molecule is Cc1cc2n(C)c(C(=O)O)cc(=O)n2n1. The molecule has 0 bridgehead atoms. The fourth-order valence-electron chi connectivity index (χ4n) is 1.49. The molecule has 2 aromatic rings. The van der Waals surface area contributed by atoms with Gasteiger partial charge in [-0.3, -0.25) is 4.79 Å². The van der Waals surface area contributed by atoms with Crippen molar-refractivity contribution in [1.29, 1.82) is 0 Å². The average Bonchev–Trinajstić information content (AvgIpc) is 2.53. The standard InChI is InChI=1S/C9H9N3O3/c1-5-3-7-11(2)6(9(14)15)4-8(13)12(7)10-5/h3-4H,1-2H3,(H,14,15). The summed E-state index contributed by atoms with van der Waals surface area (Å²) >= 11 is 0. The summed E-state index contributed by atoms with van der Waals surface area (Å²) in [5, 5.41) is 12.8. The van der Waals surface area contributed by atoms with Crippen molar-refractivity contribution in [2.45, 2.75) is 6.92 Å². The van der Waals surface area contributed by atoms with E-state index < -0.39 is 11.5 Å². The highest BCUT2D eigenvalue weighted by Gasteiger charge is 2.12. The number of hydrogen-bond donors (Lipinski definition) is 1. The van der Waals surface area contributed by atoms with E-state index in [9.17, 15) is 9.59 Å². The molecule has 0 amide bonds. The minimum Gasteiger partial charge on any atom is -0.477 e. The number of fused-ring (bicyclic) bond motifs is 1. The Kier molecular flexibility index (Phi) is 1.85. The predicted octanol–water partition coefficient (Wildman–Crippen LogP) is 0.0396. The largest absolute Gasteiger partial charge is 0.477 e. The molecule has 0 aliphatic carbocycles. The minimum atomic E-state index is -1.13. The van der Waals surface area contributed by atoms with E-state index in [1.807, 2.05) is 0 Å². The van der Waals surface area contributed by atoms with Gasteiger partial charge < -0.3 is 9.67 Å². The molecule has 0 fully saturated rings. The third kappa shape index (κ3) is 1.30. The Balaban J connectivity index is 2.96. The molecule has 0 saturated carbocycles. The Morgan fingerprint density at radius 1 is 1.47 bits per heavy atom. The first kappa shape index (κ1) is 9.45. The number of nitrogens with zero attached hydrogens (tertiary/aromatic N) is 3. The lowest BCUT2D eigenvalue weighted by Gasteiger charge is -2.05. The Morgan fingerprint density at radius 2 is 2.13 bits per heavy atom. The molecule has 2 aromatic heterocycles. The van der Waals surface area contributed by atoms with E-state index in [2.05, 4.69) is 5.10 Å². The van der Waals surface area contributed by atoms with E-state index in [0.717, 1.165) is 6.07 Å². The maximum absolute atomic E-state index is 11.5. The van der Waals surface area contributed by atoms with E-state index in [0.29, 0.717) is 11.3 Å². The quantitative estimate of drug-likeness (QED) is 0.716. The zero-order valence-electron chi connectivity index (χ0n) is 8.26. The van der Waals surface area contributed by atoms with Crippen molar-refractivity contribution in [2.24, 2.45) is 7.05 Å². The molecule has 0 radical (unpaired) electrons. The van der Waals surface area contributed by atoms with Crippen LogP contribution in [-0.4, -0.2) is 25.3 Å². The third-order valence-corrected chi connectivity index (χ3v) is 2.21. The van der Waals surface area contributed by atoms with E-state index in [-0.39, 0.29) is 5.69 Å². The average molecular weight is 207 g/mol. The van der Waals surface area contributed by atoms with Crippen LogP contribution in [0.2, 0.25) is 0 Å². The summed E-state index contributed by atoms with van der Waals surface area (Å²) in [4.78, 5) is 22.3. The number of rotatable bonds is 1. The van der Waals surface area contributed by atoms with Crippen LogP contribution in [-0.2, 0) is 7.05 Å². The van der Waals surface area contributed by atoms with E-state index >= 15 is 0 Å². The first-order valence-corrected chi connectivity index (χ1v) is 4.30. The molecule has 0 spiro atoms. The molecule has 6 heteroatoms. The number of aromatic carboxylic acids is 1. The molecular formula is C9H9N3O3. The number of aromatic nitrogens is 3. The summed E-state index contributed by atoms with van der Waals surface area (Å²) in [6.45, 7) is 1.74. The van der Waals surface area contributed by atoms with Crippen molar-refractivity contribution in [2.75, 3.05) is 0 Å². The number of carboxylic acids is 1. The van der Waals surface area contributed by atoms with Crippen LogP contribution in [0.5, 0.6) is 0 Å². The van der Waals surface area contributed by atoms with Gasteiger partial charge in [-0.1, -0.05) is 0 Å². The molecule has 6 nitrogen and oxygen atoms in total. The fraction of sp³-hybridized carbons (Fsp3) is 0.222. The summed E-state index contributed by atoms with van der Waals surface area (Å²) in [5.74, 6) is -1.13. The first-order chi connectivity index (χ1) is 7.00. The van der Waals surface area contributed by atoms with Gasteiger partial charge in [0.15, 0.2) is 0 Å². The van der Waals surface area contributed by atoms with Crippen LogP contribution in [0.4, 0.5) is 0 Å². The van der Waals surface area contributed by atoms with Gasteiger partial charge in [0.25, 0.3) is 5.56 Å². The second kappa shape index (κ2) is 2.94. The van der Waals surface area contributed by atoms with Crippen molar-refractivity contribution in [3.05, 3.63) is 33.9 Å². The van der Waals surface area contributed by atoms with Crippen molar-refractivity contribution >= 4 is 11.6 Å². The lowest BCUT2D eigenvalue weighted by molar-refractivity contribution is 0.0685. The molecule has 0 saturated heterocycles. The molecule has 2 rings (SSSR count). The first-order valence-electron chi connectivity index (χ1n) is 4.30. The topological polar surface area (TPSA) is 76.6 Å². The highest BCUT2D eigenvalue weighted by atomic mass is 16.4. The smallest absolute Gasteiger partial charge is 0.352 e. The molecule has 78 valence electrons. The van der Waals surface area contributed by atoms with Crippen molar-refractivity contribution in [3.63, 3.8) is 0 Å². The summed E-state index contributed by atoms with van der Waals surface area (Å²) < 4.78 is 2.60. The van der Waals surface area contributed by atoms with Gasteiger partial charge in [0.05, 0.1) is 5.69 Å². The number of carboxylic acid groups (broad SMARTS) is 1. The lowest BCUT2D eigenvalue weighted by atomic mass is 10.4. The molecular weight excluding hydrogens is 198 g/mol. The summed E-state index contributed by atoms with van der Waals surface area (Å²) in [6, 6.07) is 2.72. The maximum Gasteiger partial charge on any atom is 0.352 e. The van der Waals surface area contributed by atoms with E-state index in [1.165, 1.54) is 9.08 Å². The summed E-state index contributed by atoms with van der Waals surface area (Å²) in [5.41, 5.74) is 0.656. The minimum absolute atomic E-state index is 0.0487. The van der Waals surface area contributed by atoms with Gasteiger partial charge in [0, 0.05) is 19.2 Å². The molecule has 0 atom stereocenters. The Bertz CT molecular complexity index is 609. The van der Waals surface area contributed by atoms with Crippen molar-refractivity contribution < 1.29 is 9.90 Å². The van der Waals surface area contributed by atoms with Crippen molar-refractivity contribution in [3.8, 4) is 0 Å². The van der Waals surface area contributed by atoms with Gasteiger partial charge in [-0.15, -0.1) is 0 Å². The van der Waals surface area contributed by atoms with Crippen molar-refractivity contribution in [1.82, 2.24) is 14.2 Å². The van der Waals surface area contributed by atoms with Crippen LogP contribution in [0, 0.1) is 6.92 Å². The van der Waals surface area contributed by atoms with E-state index in [4.69, 9.17) is 5.11 Å². The monoisotopic (exact) mass is 207 g/mol. The van der Waals surface area contributed by atoms with Crippen LogP contribution in [0.1, 0.15) is 16.2 Å². The number of hydrogen-bond acceptors (Lipinski definition) is 3. The lowest BCUT2D eigenvalue weighted by Crippen LogP contribution is -2.21. The third-order valence-electron chi connectivity index (χ3n) is 2.21. The predicted molar refractivity (Wildman–Crippen MR) is 52.1 cm³/mol. The Labute approximate surface area is 84.4 Å². The second-order valence-electron chi connectivity index (χ2n) is 3.29. The van der Waals surface area contributed by atoms with Gasteiger partial charge in [0.2, 0.25) is 0 Å². The van der Waals surface area contributed by atoms with Crippen LogP contribution in [0.3, 0.4) is 0 Å². The van der Waals surface area contributed by atoms with Gasteiger partial charge in [0.1, 0.15) is 11.3 Å². The Hall–Kier alpha value is -2.11. The van der Waals surface area contributed by atoms with Gasteiger partial charge in [-0.25, -0.2) is 4.79 Å². The molecule has 1 N–H and O–H groups in total. The molecule has 15 heavy (non-hydrogen) atoms. The normalized spacial score (nSPS) is 10.8. The van der Waals surface area contributed by atoms with Crippen LogP contribution < -0.4 is 5.56 Å². The molecule has 0 aliphatic heterocycles. The summed E-state index contributed by atoms with van der Waals surface area (Å²) in [7, 11) is 1.58.